The number of hydrogen-bond donors (Lipinski definition) is 3. The molecule has 1 unspecified atom stereocenters. The molecule has 0 aliphatic carbocycles. The van der Waals surface area contributed by atoms with E-state index in [9.17, 15) is 15.0 Å². The zero-order valence-corrected chi connectivity index (χ0v) is 11.0. The normalized spacial score (nSPS) is 35.9. The SMILES string of the molecule is CC[C@H]1O[C@@H](n2ccc(=S)[nH]c2=O)C(C)(O)[C@H]1O. The third-order valence-corrected chi connectivity index (χ3v) is 3.50. The molecule has 18 heavy (non-hydrogen) atoms. The fourth-order valence-corrected chi connectivity index (χ4v) is 2.33. The molecule has 2 rings (SSSR count). The van der Waals surface area contributed by atoms with Crippen LogP contribution in [0.15, 0.2) is 17.1 Å². The molecule has 0 amide bonds. The van der Waals surface area contributed by atoms with Gasteiger partial charge in [0.1, 0.15) is 16.3 Å². The molecule has 0 spiro atoms. The summed E-state index contributed by atoms with van der Waals surface area (Å²) < 4.78 is 7.06. The van der Waals surface area contributed by atoms with Gasteiger partial charge in [-0.3, -0.25) is 9.55 Å². The van der Waals surface area contributed by atoms with Crippen molar-refractivity contribution < 1.29 is 14.9 Å². The lowest BCUT2D eigenvalue weighted by Crippen LogP contribution is -2.45. The summed E-state index contributed by atoms with van der Waals surface area (Å²) in [7, 11) is 0. The second-order valence-corrected chi connectivity index (χ2v) is 5.06. The highest BCUT2D eigenvalue weighted by Crippen LogP contribution is 2.38. The van der Waals surface area contributed by atoms with Gasteiger partial charge in [0, 0.05) is 6.20 Å². The second-order valence-electron chi connectivity index (χ2n) is 4.62. The number of nitrogens with zero attached hydrogens (tertiary/aromatic N) is 1. The first-order valence-electron chi connectivity index (χ1n) is 5.75. The lowest BCUT2D eigenvalue weighted by molar-refractivity contribution is -0.0975. The lowest BCUT2D eigenvalue weighted by Gasteiger charge is -2.27. The van der Waals surface area contributed by atoms with Crippen molar-refractivity contribution in [3.8, 4) is 0 Å². The number of aliphatic hydroxyl groups excluding tert-OH is 1. The Kier molecular flexibility index (Phi) is 3.41. The Morgan fingerprint density at radius 1 is 1.67 bits per heavy atom. The molecule has 7 heteroatoms. The summed E-state index contributed by atoms with van der Waals surface area (Å²) in [6.07, 6.45) is -0.476. The first kappa shape index (κ1) is 13.4. The van der Waals surface area contributed by atoms with Gasteiger partial charge in [0.2, 0.25) is 0 Å². The van der Waals surface area contributed by atoms with Gasteiger partial charge >= 0.3 is 5.69 Å². The van der Waals surface area contributed by atoms with Crippen LogP contribution in [-0.4, -0.2) is 37.6 Å². The maximum absolute atomic E-state index is 11.8. The van der Waals surface area contributed by atoms with Crippen LogP contribution >= 0.6 is 12.2 Å². The number of rotatable bonds is 2. The van der Waals surface area contributed by atoms with Gasteiger partial charge in [0.05, 0.1) is 6.10 Å². The minimum atomic E-state index is -1.53. The molecule has 3 N–H and O–H groups in total. The summed E-state index contributed by atoms with van der Waals surface area (Å²) in [6, 6.07) is 1.53. The van der Waals surface area contributed by atoms with Crippen LogP contribution in [0.4, 0.5) is 0 Å². The highest BCUT2D eigenvalue weighted by atomic mass is 32.1. The smallest absolute Gasteiger partial charge is 0.328 e. The van der Waals surface area contributed by atoms with Gasteiger partial charge in [-0.05, 0) is 19.4 Å². The molecule has 0 aromatic carbocycles. The van der Waals surface area contributed by atoms with E-state index in [2.05, 4.69) is 4.98 Å². The monoisotopic (exact) mass is 272 g/mol. The molecular weight excluding hydrogens is 256 g/mol. The lowest BCUT2D eigenvalue weighted by atomic mass is 9.95. The molecule has 2 heterocycles. The van der Waals surface area contributed by atoms with Crippen molar-refractivity contribution in [3.63, 3.8) is 0 Å². The van der Waals surface area contributed by atoms with Crippen LogP contribution in [0, 0.1) is 4.64 Å². The summed E-state index contributed by atoms with van der Waals surface area (Å²) in [5.74, 6) is 0. The number of aromatic amines is 1. The molecule has 1 aliphatic heterocycles. The second kappa shape index (κ2) is 4.58. The first-order valence-corrected chi connectivity index (χ1v) is 6.16. The number of ether oxygens (including phenoxy) is 1. The van der Waals surface area contributed by atoms with E-state index in [-0.39, 0.29) is 0 Å². The standard InChI is InChI=1S/C11H16N2O4S/c1-3-6-8(14)11(2,16)9(17-6)13-5-4-7(18)12-10(13)15/h4-6,8-9,14,16H,3H2,1-2H3,(H,12,15,18)/t6-,8+,9-,11?/m1/s1. The Balaban J connectivity index is 2.45. The van der Waals surface area contributed by atoms with Crippen molar-refractivity contribution in [1.82, 2.24) is 9.55 Å². The van der Waals surface area contributed by atoms with E-state index in [4.69, 9.17) is 17.0 Å². The van der Waals surface area contributed by atoms with E-state index in [0.717, 1.165) is 0 Å². The summed E-state index contributed by atoms with van der Waals surface area (Å²) in [5, 5.41) is 20.3. The van der Waals surface area contributed by atoms with Crippen LogP contribution in [0.3, 0.4) is 0 Å². The number of aliphatic hydroxyl groups is 2. The van der Waals surface area contributed by atoms with E-state index in [1.807, 2.05) is 6.92 Å². The average molecular weight is 272 g/mol. The molecule has 0 radical (unpaired) electrons. The van der Waals surface area contributed by atoms with Crippen LogP contribution in [0.2, 0.25) is 0 Å². The van der Waals surface area contributed by atoms with Gasteiger partial charge in [0.25, 0.3) is 0 Å². The fourth-order valence-electron chi connectivity index (χ4n) is 2.18. The van der Waals surface area contributed by atoms with Crippen LogP contribution in [0.25, 0.3) is 0 Å². The highest BCUT2D eigenvalue weighted by molar-refractivity contribution is 7.71. The third kappa shape index (κ3) is 2.03. The average Bonchev–Trinajstić information content (AvgIpc) is 2.52. The highest BCUT2D eigenvalue weighted by Gasteiger charge is 2.52. The molecule has 1 aromatic rings. The molecule has 1 aliphatic rings. The topological polar surface area (TPSA) is 87.5 Å². The van der Waals surface area contributed by atoms with Gasteiger partial charge < -0.3 is 14.9 Å². The molecule has 6 nitrogen and oxygen atoms in total. The van der Waals surface area contributed by atoms with E-state index < -0.39 is 29.7 Å². The van der Waals surface area contributed by atoms with Gasteiger partial charge in [-0.15, -0.1) is 0 Å². The Hall–Kier alpha value is -1.02. The van der Waals surface area contributed by atoms with Crippen LogP contribution in [-0.2, 0) is 4.74 Å². The van der Waals surface area contributed by atoms with E-state index in [1.165, 1.54) is 23.8 Å². The minimum absolute atomic E-state index is 0.307. The predicted molar refractivity (Wildman–Crippen MR) is 66.7 cm³/mol. The van der Waals surface area contributed by atoms with Crippen molar-refractivity contribution in [2.45, 2.75) is 44.3 Å². The maximum Gasteiger partial charge on any atom is 0.328 e. The molecule has 0 bridgehead atoms. The van der Waals surface area contributed by atoms with Crippen molar-refractivity contribution in [3.05, 3.63) is 27.4 Å². The summed E-state index contributed by atoms with van der Waals surface area (Å²) in [4.78, 5) is 14.2. The van der Waals surface area contributed by atoms with Gasteiger partial charge in [-0.1, -0.05) is 19.1 Å². The maximum atomic E-state index is 11.8. The molecule has 4 atom stereocenters. The zero-order valence-electron chi connectivity index (χ0n) is 10.2. The van der Waals surface area contributed by atoms with Crippen LogP contribution in [0.5, 0.6) is 0 Å². The zero-order chi connectivity index (χ0) is 13.5. The molecule has 0 saturated carbocycles. The number of H-pyrrole nitrogens is 1. The van der Waals surface area contributed by atoms with Crippen molar-refractivity contribution in [2.24, 2.45) is 0 Å². The van der Waals surface area contributed by atoms with Gasteiger partial charge in [0.15, 0.2) is 6.23 Å². The molecule has 1 saturated heterocycles. The Morgan fingerprint density at radius 3 is 2.83 bits per heavy atom. The fraction of sp³-hybridized carbons (Fsp3) is 0.636. The largest absolute Gasteiger partial charge is 0.387 e. The van der Waals surface area contributed by atoms with Crippen molar-refractivity contribution in [2.75, 3.05) is 0 Å². The summed E-state index contributed by atoms with van der Waals surface area (Å²) in [6.45, 7) is 3.29. The van der Waals surface area contributed by atoms with Crippen molar-refractivity contribution >= 4 is 12.2 Å². The number of aromatic nitrogens is 2. The van der Waals surface area contributed by atoms with Crippen LogP contribution < -0.4 is 5.69 Å². The Labute approximate surface area is 109 Å². The number of nitrogens with one attached hydrogen (secondary N) is 1. The van der Waals surface area contributed by atoms with Crippen LogP contribution in [0.1, 0.15) is 26.5 Å². The van der Waals surface area contributed by atoms with Gasteiger partial charge in [-0.2, -0.15) is 0 Å². The summed E-state index contributed by atoms with van der Waals surface area (Å²) in [5.41, 5.74) is -2.00. The molecule has 1 aromatic heterocycles. The molecule has 1 fully saturated rings. The minimum Gasteiger partial charge on any atom is -0.387 e. The number of hydrogen-bond acceptors (Lipinski definition) is 5. The molecular formula is C11H16N2O4S. The summed E-state index contributed by atoms with van der Waals surface area (Å²) >= 11 is 4.84. The van der Waals surface area contributed by atoms with E-state index in [0.29, 0.717) is 11.1 Å². The van der Waals surface area contributed by atoms with Crippen molar-refractivity contribution in [1.29, 1.82) is 0 Å². The van der Waals surface area contributed by atoms with E-state index >= 15 is 0 Å². The van der Waals surface area contributed by atoms with Gasteiger partial charge in [-0.25, -0.2) is 4.79 Å². The Bertz CT molecular complexity index is 550. The van der Waals surface area contributed by atoms with E-state index in [1.54, 1.807) is 0 Å². The quantitative estimate of drug-likeness (QED) is 0.675. The first-order chi connectivity index (χ1) is 8.37. The molecule has 100 valence electrons. The third-order valence-electron chi connectivity index (χ3n) is 3.26. The predicted octanol–water partition coefficient (Wildman–Crippen LogP) is 0.325. The Morgan fingerprint density at radius 2 is 2.33 bits per heavy atom.